The number of hydrogen-bond acceptors (Lipinski definition) is 10. The first-order chi connectivity index (χ1) is 15.6. The van der Waals surface area contributed by atoms with Crippen LogP contribution in [0.5, 0.6) is 0 Å². The zero-order chi connectivity index (χ0) is 24.3. The Kier molecular flexibility index (Phi) is 6.92. The highest BCUT2D eigenvalue weighted by Crippen LogP contribution is 2.29. The smallest absolute Gasteiger partial charge is 0.326 e. The molecule has 0 saturated heterocycles. The maximum atomic E-state index is 12.5. The van der Waals surface area contributed by atoms with Gasteiger partial charge in [-0.05, 0) is 36.6 Å². The van der Waals surface area contributed by atoms with E-state index in [0.29, 0.717) is 22.5 Å². The Balaban J connectivity index is 1.74. The van der Waals surface area contributed by atoms with Crippen molar-refractivity contribution in [3.63, 3.8) is 0 Å². The van der Waals surface area contributed by atoms with Gasteiger partial charge in [0.15, 0.2) is 5.65 Å². The summed E-state index contributed by atoms with van der Waals surface area (Å²) >= 11 is 1.18. The molecule has 0 aromatic carbocycles. The van der Waals surface area contributed by atoms with E-state index in [1.54, 1.807) is 18.3 Å². The Labute approximate surface area is 192 Å². The fraction of sp³-hybridized carbons (Fsp3) is 0.300. The number of amides is 1. The molecule has 0 aliphatic heterocycles. The van der Waals surface area contributed by atoms with Gasteiger partial charge in [0.1, 0.15) is 11.9 Å². The van der Waals surface area contributed by atoms with Crippen LogP contribution in [0, 0.1) is 6.92 Å². The predicted octanol–water partition coefficient (Wildman–Crippen LogP) is 1.24. The van der Waals surface area contributed by atoms with Gasteiger partial charge >= 0.3 is 11.9 Å². The van der Waals surface area contributed by atoms with Crippen LogP contribution in [0.2, 0.25) is 0 Å². The number of nitrogens with one attached hydrogen (secondary N) is 1. The van der Waals surface area contributed by atoms with E-state index in [1.807, 2.05) is 18.9 Å². The number of carbonyl (C=O) groups is 3. The average Bonchev–Trinajstić information content (AvgIpc) is 3.22. The standard InChI is InChI=1S/C20H23N7O5S/c1-9-10(7-23-17-15(9)16(21)25-20(22)26-17)8-27(2)13-5-4-12(33-13)18(30)24-11(19(31)32)3-6-14(28)29/h4-5,7,11H,3,6,8H2,1-2H3,(H,24,30)(H,28,29)(H,31,32)(H4,21,22,23,25,26). The van der Waals surface area contributed by atoms with Gasteiger partial charge in [0.05, 0.1) is 15.3 Å². The molecule has 33 heavy (non-hydrogen) atoms. The summed E-state index contributed by atoms with van der Waals surface area (Å²) in [5.74, 6) is -2.70. The van der Waals surface area contributed by atoms with Crippen LogP contribution in [0.1, 0.15) is 33.6 Å². The van der Waals surface area contributed by atoms with Crippen LogP contribution in [0.15, 0.2) is 18.3 Å². The van der Waals surface area contributed by atoms with Crippen LogP contribution in [0.3, 0.4) is 0 Å². The summed E-state index contributed by atoms with van der Waals surface area (Å²) in [6.07, 6.45) is 1.11. The molecule has 0 bridgehead atoms. The number of carboxylic acid groups (broad SMARTS) is 2. The zero-order valence-electron chi connectivity index (χ0n) is 17.9. The lowest BCUT2D eigenvalue weighted by atomic mass is 10.1. The topological polar surface area (TPSA) is 198 Å². The van der Waals surface area contributed by atoms with Gasteiger partial charge in [-0.15, -0.1) is 11.3 Å². The first-order valence-electron chi connectivity index (χ1n) is 9.80. The zero-order valence-corrected chi connectivity index (χ0v) is 18.7. The van der Waals surface area contributed by atoms with E-state index >= 15 is 0 Å². The van der Waals surface area contributed by atoms with Gasteiger partial charge in [-0.2, -0.15) is 9.97 Å². The molecular formula is C20H23N7O5S. The second-order valence-corrected chi connectivity index (χ2v) is 8.43. The fourth-order valence-electron chi connectivity index (χ4n) is 3.24. The number of carboxylic acids is 2. The number of aliphatic carboxylic acids is 2. The van der Waals surface area contributed by atoms with Crippen molar-refractivity contribution < 1.29 is 24.6 Å². The van der Waals surface area contributed by atoms with Crippen molar-refractivity contribution in [2.75, 3.05) is 23.4 Å². The second-order valence-electron chi connectivity index (χ2n) is 7.36. The molecule has 3 rings (SSSR count). The quantitative estimate of drug-likeness (QED) is 0.300. The first kappa shape index (κ1) is 23.7. The number of rotatable bonds is 9. The van der Waals surface area contributed by atoms with Crippen molar-refractivity contribution in [3.8, 4) is 0 Å². The molecule has 3 aromatic heterocycles. The molecule has 0 fully saturated rings. The average molecular weight is 474 g/mol. The Hall–Kier alpha value is -4.00. The Morgan fingerprint density at radius 3 is 2.61 bits per heavy atom. The van der Waals surface area contributed by atoms with E-state index in [1.165, 1.54) is 11.3 Å². The SMILES string of the molecule is Cc1c(CN(C)c2ccc(C(=O)NC(CCC(=O)O)C(=O)O)s2)cnc2nc(N)nc(N)c12. The van der Waals surface area contributed by atoms with Crippen LogP contribution >= 0.6 is 11.3 Å². The number of anilines is 3. The van der Waals surface area contributed by atoms with E-state index in [4.69, 9.17) is 16.6 Å². The maximum absolute atomic E-state index is 12.5. The predicted molar refractivity (Wildman–Crippen MR) is 123 cm³/mol. The molecule has 1 amide bonds. The third-order valence-corrected chi connectivity index (χ3v) is 6.18. The largest absolute Gasteiger partial charge is 0.481 e. The molecule has 1 unspecified atom stereocenters. The van der Waals surface area contributed by atoms with Gasteiger partial charge in [0, 0.05) is 26.2 Å². The molecule has 174 valence electrons. The van der Waals surface area contributed by atoms with Crippen LogP contribution < -0.4 is 21.7 Å². The summed E-state index contributed by atoms with van der Waals surface area (Å²) in [7, 11) is 1.84. The minimum Gasteiger partial charge on any atom is -0.481 e. The molecule has 7 N–H and O–H groups in total. The normalized spacial score (nSPS) is 11.8. The number of thiophene rings is 1. The molecule has 1 atom stereocenters. The molecule has 3 aromatic rings. The van der Waals surface area contributed by atoms with Gasteiger partial charge in [0.2, 0.25) is 5.95 Å². The van der Waals surface area contributed by atoms with Crippen LogP contribution in [-0.4, -0.2) is 56.1 Å². The maximum Gasteiger partial charge on any atom is 0.326 e. The molecular weight excluding hydrogens is 450 g/mol. The summed E-state index contributed by atoms with van der Waals surface area (Å²) in [5.41, 5.74) is 13.8. The van der Waals surface area contributed by atoms with Gasteiger partial charge < -0.3 is 31.9 Å². The van der Waals surface area contributed by atoms with Crippen LogP contribution in [-0.2, 0) is 16.1 Å². The molecule has 0 saturated carbocycles. The summed E-state index contributed by atoms with van der Waals surface area (Å²) in [6.45, 7) is 2.34. The number of aryl methyl sites for hydroxylation is 1. The number of pyridine rings is 1. The Morgan fingerprint density at radius 2 is 1.94 bits per heavy atom. The van der Waals surface area contributed by atoms with Crippen molar-refractivity contribution in [1.29, 1.82) is 0 Å². The molecule has 0 spiro atoms. The minimum atomic E-state index is -1.29. The molecule has 0 radical (unpaired) electrons. The third kappa shape index (κ3) is 5.44. The van der Waals surface area contributed by atoms with Gasteiger partial charge in [0.25, 0.3) is 5.91 Å². The van der Waals surface area contributed by atoms with E-state index in [0.717, 1.165) is 16.1 Å². The van der Waals surface area contributed by atoms with Crippen molar-refractivity contribution in [1.82, 2.24) is 20.3 Å². The number of fused-ring (bicyclic) bond motifs is 1. The van der Waals surface area contributed by atoms with Crippen molar-refractivity contribution in [3.05, 3.63) is 34.3 Å². The summed E-state index contributed by atoms with van der Waals surface area (Å²) in [6, 6.07) is 2.04. The lowest BCUT2D eigenvalue weighted by Gasteiger charge is -2.19. The van der Waals surface area contributed by atoms with Crippen molar-refractivity contribution in [2.45, 2.75) is 32.4 Å². The summed E-state index contributed by atoms with van der Waals surface area (Å²) < 4.78 is 0. The van der Waals surface area contributed by atoms with E-state index in [-0.39, 0.29) is 24.6 Å². The highest BCUT2D eigenvalue weighted by Gasteiger charge is 2.23. The minimum absolute atomic E-state index is 0.0502. The third-order valence-electron chi connectivity index (χ3n) is 4.98. The number of aromatic nitrogens is 3. The molecule has 0 aliphatic rings. The van der Waals surface area contributed by atoms with E-state index in [9.17, 15) is 19.5 Å². The van der Waals surface area contributed by atoms with Crippen molar-refractivity contribution in [2.24, 2.45) is 0 Å². The van der Waals surface area contributed by atoms with Gasteiger partial charge in [-0.1, -0.05) is 0 Å². The Morgan fingerprint density at radius 1 is 1.21 bits per heavy atom. The number of nitrogens with zero attached hydrogens (tertiary/aromatic N) is 4. The number of hydrogen-bond donors (Lipinski definition) is 5. The molecule has 0 aliphatic carbocycles. The number of nitrogens with two attached hydrogens (primary N) is 2. The van der Waals surface area contributed by atoms with Crippen molar-refractivity contribution >= 4 is 57.0 Å². The number of carbonyl (C=O) groups excluding carboxylic acids is 1. The summed E-state index contributed by atoms with van der Waals surface area (Å²) in [5, 5.41) is 21.7. The van der Waals surface area contributed by atoms with Gasteiger partial charge in [-0.25, -0.2) is 9.78 Å². The summed E-state index contributed by atoms with van der Waals surface area (Å²) in [4.78, 5) is 49.2. The van der Waals surface area contributed by atoms with Crippen LogP contribution in [0.25, 0.3) is 11.0 Å². The monoisotopic (exact) mass is 473 g/mol. The fourth-order valence-corrected chi connectivity index (χ4v) is 4.10. The highest BCUT2D eigenvalue weighted by molar-refractivity contribution is 7.18. The number of nitrogen functional groups attached to an aromatic ring is 2. The first-order valence-corrected chi connectivity index (χ1v) is 10.6. The Bertz CT molecular complexity index is 1230. The molecule has 13 heteroatoms. The molecule has 12 nitrogen and oxygen atoms in total. The van der Waals surface area contributed by atoms with Crippen LogP contribution in [0.4, 0.5) is 16.8 Å². The lowest BCUT2D eigenvalue weighted by molar-refractivity contribution is -0.140. The second kappa shape index (κ2) is 9.65. The van der Waals surface area contributed by atoms with E-state index < -0.39 is 23.9 Å². The highest BCUT2D eigenvalue weighted by atomic mass is 32.1. The molecule has 3 heterocycles. The lowest BCUT2D eigenvalue weighted by Crippen LogP contribution is -2.40. The van der Waals surface area contributed by atoms with Gasteiger partial charge in [-0.3, -0.25) is 9.59 Å². The van der Waals surface area contributed by atoms with E-state index in [2.05, 4.69) is 20.3 Å².